The molecule has 0 unspecified atom stereocenters. The number of anilines is 1. The van der Waals surface area contributed by atoms with Gasteiger partial charge in [-0.15, -0.1) is 11.3 Å². The van der Waals surface area contributed by atoms with Crippen molar-refractivity contribution in [3.8, 4) is 0 Å². The number of carbonyl (C=O) groups is 2. The summed E-state index contributed by atoms with van der Waals surface area (Å²) in [7, 11) is 1.34. The molecule has 0 bridgehead atoms. The monoisotopic (exact) mass is 343 g/mol. The Morgan fingerprint density at radius 2 is 2.08 bits per heavy atom. The van der Waals surface area contributed by atoms with E-state index in [0.717, 1.165) is 23.3 Å². The number of nitrogens with one attached hydrogen (secondary N) is 1. The van der Waals surface area contributed by atoms with Gasteiger partial charge in [-0.05, 0) is 61.4 Å². The van der Waals surface area contributed by atoms with Crippen LogP contribution in [0.5, 0.6) is 0 Å². The normalized spacial score (nSPS) is 16.4. The molecule has 1 atom stereocenters. The fourth-order valence-corrected chi connectivity index (χ4v) is 4.11. The summed E-state index contributed by atoms with van der Waals surface area (Å²) in [6.07, 6.45) is 3.30. The number of amides is 1. The molecule has 0 saturated heterocycles. The smallest absolute Gasteiger partial charge is 0.337 e. The topological polar surface area (TPSA) is 55.4 Å². The Morgan fingerprint density at radius 1 is 1.29 bits per heavy atom. The first-order valence-corrected chi connectivity index (χ1v) is 8.91. The SMILES string of the molecule is COC(=O)c1ccc(C)c(NC(=O)c2cc3c(s2)CC[C@@H](C)C3)c1. The number of aryl methyl sites for hydroxylation is 2. The van der Waals surface area contributed by atoms with E-state index in [1.54, 1.807) is 23.5 Å². The number of carbonyl (C=O) groups excluding carboxylic acids is 2. The summed E-state index contributed by atoms with van der Waals surface area (Å²) in [5.41, 5.74) is 3.29. The Hall–Kier alpha value is -2.14. The third-order valence-electron chi connectivity index (χ3n) is 4.46. The van der Waals surface area contributed by atoms with E-state index >= 15 is 0 Å². The van der Waals surface area contributed by atoms with E-state index in [0.29, 0.717) is 17.2 Å². The molecule has 0 spiro atoms. The molecule has 1 aliphatic rings. The van der Waals surface area contributed by atoms with Crippen LogP contribution in [0, 0.1) is 12.8 Å². The summed E-state index contributed by atoms with van der Waals surface area (Å²) in [6, 6.07) is 7.18. The van der Waals surface area contributed by atoms with Gasteiger partial charge >= 0.3 is 5.97 Å². The van der Waals surface area contributed by atoms with Crippen LogP contribution in [0.25, 0.3) is 0 Å². The molecule has 126 valence electrons. The number of methoxy groups -OCH3 is 1. The number of esters is 1. The summed E-state index contributed by atoms with van der Waals surface area (Å²) < 4.78 is 4.74. The Bertz CT molecular complexity index is 794. The minimum atomic E-state index is -0.411. The highest BCUT2D eigenvalue weighted by atomic mass is 32.1. The molecule has 1 amide bonds. The molecule has 5 heteroatoms. The summed E-state index contributed by atoms with van der Waals surface area (Å²) in [6.45, 7) is 4.15. The average Bonchev–Trinajstić information content (AvgIpc) is 2.99. The Kier molecular flexibility index (Phi) is 4.71. The maximum Gasteiger partial charge on any atom is 0.337 e. The first-order valence-electron chi connectivity index (χ1n) is 8.10. The second-order valence-electron chi connectivity index (χ2n) is 6.38. The predicted molar refractivity (Wildman–Crippen MR) is 96.0 cm³/mol. The minimum absolute atomic E-state index is 0.118. The lowest BCUT2D eigenvalue weighted by Gasteiger charge is -2.16. The van der Waals surface area contributed by atoms with Crippen molar-refractivity contribution in [2.75, 3.05) is 12.4 Å². The van der Waals surface area contributed by atoms with E-state index in [4.69, 9.17) is 4.74 Å². The molecule has 0 radical (unpaired) electrons. The van der Waals surface area contributed by atoms with E-state index in [2.05, 4.69) is 12.2 Å². The van der Waals surface area contributed by atoms with Crippen LogP contribution in [0.15, 0.2) is 24.3 Å². The fraction of sp³-hybridized carbons (Fsp3) is 0.368. The molecule has 24 heavy (non-hydrogen) atoms. The van der Waals surface area contributed by atoms with Crippen LogP contribution < -0.4 is 5.32 Å². The van der Waals surface area contributed by atoms with Crippen molar-refractivity contribution in [3.63, 3.8) is 0 Å². The minimum Gasteiger partial charge on any atom is -0.465 e. The van der Waals surface area contributed by atoms with Gasteiger partial charge in [0.25, 0.3) is 5.91 Å². The van der Waals surface area contributed by atoms with Crippen LogP contribution in [0.1, 0.15) is 49.4 Å². The zero-order chi connectivity index (χ0) is 17.3. The van der Waals surface area contributed by atoms with E-state index < -0.39 is 5.97 Å². The Labute approximate surface area is 145 Å². The quantitative estimate of drug-likeness (QED) is 0.849. The van der Waals surface area contributed by atoms with Crippen molar-refractivity contribution in [2.45, 2.75) is 33.1 Å². The predicted octanol–water partition coefficient (Wildman–Crippen LogP) is 4.22. The number of benzene rings is 1. The van der Waals surface area contributed by atoms with Gasteiger partial charge in [-0.1, -0.05) is 13.0 Å². The van der Waals surface area contributed by atoms with Crippen molar-refractivity contribution >= 4 is 28.9 Å². The van der Waals surface area contributed by atoms with Gasteiger partial charge in [-0.25, -0.2) is 4.79 Å². The van der Waals surface area contributed by atoms with Crippen molar-refractivity contribution in [3.05, 3.63) is 50.7 Å². The van der Waals surface area contributed by atoms with Gasteiger partial charge in [0.2, 0.25) is 0 Å². The Balaban J connectivity index is 1.81. The van der Waals surface area contributed by atoms with Gasteiger partial charge in [0.1, 0.15) is 0 Å². The first kappa shape index (κ1) is 16.7. The highest BCUT2D eigenvalue weighted by Gasteiger charge is 2.21. The largest absolute Gasteiger partial charge is 0.465 e. The molecule has 1 N–H and O–H groups in total. The molecule has 1 aromatic carbocycles. The number of ether oxygens (including phenoxy) is 1. The zero-order valence-corrected chi connectivity index (χ0v) is 15.0. The van der Waals surface area contributed by atoms with Crippen molar-refractivity contribution in [1.82, 2.24) is 0 Å². The average molecular weight is 343 g/mol. The lowest BCUT2D eigenvalue weighted by atomic mass is 9.90. The van der Waals surface area contributed by atoms with Crippen LogP contribution in [-0.2, 0) is 17.6 Å². The molecule has 0 aliphatic heterocycles. The number of fused-ring (bicyclic) bond motifs is 1. The Morgan fingerprint density at radius 3 is 2.83 bits per heavy atom. The highest BCUT2D eigenvalue weighted by molar-refractivity contribution is 7.14. The molecule has 1 aliphatic carbocycles. The number of thiophene rings is 1. The first-order chi connectivity index (χ1) is 11.5. The van der Waals surface area contributed by atoms with Gasteiger partial charge in [-0.2, -0.15) is 0 Å². The molecule has 0 fully saturated rings. The van der Waals surface area contributed by atoms with Crippen molar-refractivity contribution < 1.29 is 14.3 Å². The summed E-state index contributed by atoms with van der Waals surface area (Å²) >= 11 is 1.58. The standard InChI is InChI=1S/C19H21NO3S/c1-11-4-7-16-14(8-11)10-17(24-16)18(21)20-15-9-13(19(22)23-3)6-5-12(15)2/h5-6,9-11H,4,7-8H2,1-3H3,(H,20,21)/t11-/m1/s1. The van der Waals surface area contributed by atoms with Crippen LogP contribution in [0.2, 0.25) is 0 Å². The molecule has 2 aromatic rings. The number of hydrogen-bond acceptors (Lipinski definition) is 4. The molecule has 4 nitrogen and oxygen atoms in total. The van der Waals surface area contributed by atoms with E-state index in [1.807, 2.05) is 19.1 Å². The van der Waals surface area contributed by atoms with Crippen LogP contribution >= 0.6 is 11.3 Å². The highest BCUT2D eigenvalue weighted by Crippen LogP contribution is 2.32. The van der Waals surface area contributed by atoms with Gasteiger partial charge < -0.3 is 10.1 Å². The van der Waals surface area contributed by atoms with Gasteiger partial charge in [0, 0.05) is 10.6 Å². The maximum atomic E-state index is 12.6. The lowest BCUT2D eigenvalue weighted by Crippen LogP contribution is -2.12. The van der Waals surface area contributed by atoms with Crippen LogP contribution in [0.4, 0.5) is 5.69 Å². The summed E-state index contributed by atoms with van der Waals surface area (Å²) in [5, 5.41) is 2.93. The van der Waals surface area contributed by atoms with E-state index in [9.17, 15) is 9.59 Å². The lowest BCUT2D eigenvalue weighted by molar-refractivity contribution is 0.0600. The maximum absolute atomic E-state index is 12.6. The third kappa shape index (κ3) is 3.36. The molecule has 1 aromatic heterocycles. The molecular weight excluding hydrogens is 322 g/mol. The van der Waals surface area contributed by atoms with E-state index in [-0.39, 0.29) is 5.91 Å². The van der Waals surface area contributed by atoms with Crippen LogP contribution in [0.3, 0.4) is 0 Å². The van der Waals surface area contributed by atoms with Gasteiger partial charge in [-0.3, -0.25) is 4.79 Å². The van der Waals surface area contributed by atoms with E-state index in [1.165, 1.54) is 24.0 Å². The molecule has 3 rings (SSSR count). The molecule has 0 saturated carbocycles. The molecule has 1 heterocycles. The molecular formula is C19H21NO3S. The van der Waals surface area contributed by atoms with Crippen molar-refractivity contribution in [2.24, 2.45) is 5.92 Å². The van der Waals surface area contributed by atoms with Gasteiger partial charge in [0.05, 0.1) is 17.6 Å². The second-order valence-corrected chi connectivity index (χ2v) is 7.52. The third-order valence-corrected chi connectivity index (χ3v) is 5.70. The summed E-state index contributed by atoms with van der Waals surface area (Å²) in [4.78, 5) is 26.3. The second kappa shape index (κ2) is 6.77. The fourth-order valence-electron chi connectivity index (χ4n) is 3.00. The summed E-state index contributed by atoms with van der Waals surface area (Å²) in [5.74, 6) is 0.153. The number of hydrogen-bond donors (Lipinski definition) is 1. The zero-order valence-electron chi connectivity index (χ0n) is 14.1. The van der Waals surface area contributed by atoms with Crippen LogP contribution in [-0.4, -0.2) is 19.0 Å². The van der Waals surface area contributed by atoms with Crippen molar-refractivity contribution in [1.29, 1.82) is 0 Å². The number of rotatable bonds is 3. The van der Waals surface area contributed by atoms with Gasteiger partial charge in [0.15, 0.2) is 0 Å².